The molecule has 0 aromatic heterocycles. The Balaban J connectivity index is 1.53. The van der Waals surface area contributed by atoms with E-state index in [1.165, 1.54) is 4.90 Å². The van der Waals surface area contributed by atoms with Crippen molar-refractivity contribution in [1.29, 1.82) is 0 Å². The number of rotatable bonds is 10. The number of ether oxygens (including phenoxy) is 2. The highest BCUT2D eigenvalue weighted by Crippen LogP contribution is 2.17. The summed E-state index contributed by atoms with van der Waals surface area (Å²) in [6, 6.07) is 18.9. The van der Waals surface area contributed by atoms with E-state index in [0.29, 0.717) is 0 Å². The van der Waals surface area contributed by atoms with E-state index in [1.807, 2.05) is 60.7 Å². The van der Waals surface area contributed by atoms with Gasteiger partial charge in [0, 0.05) is 32.5 Å². The van der Waals surface area contributed by atoms with Crippen molar-refractivity contribution in [3.63, 3.8) is 0 Å². The van der Waals surface area contributed by atoms with Crippen LogP contribution in [-0.4, -0.2) is 48.6 Å². The summed E-state index contributed by atoms with van der Waals surface area (Å²) in [6.45, 7) is 0.300. The lowest BCUT2D eigenvalue weighted by Gasteiger charge is -2.22. The predicted molar refractivity (Wildman–Crippen MR) is 124 cm³/mol. The Hall–Kier alpha value is -3.35. The lowest BCUT2D eigenvalue weighted by Crippen LogP contribution is -2.39. The first kappa shape index (κ1) is 24.3. The molecule has 1 aliphatic rings. The molecule has 7 heteroatoms. The Morgan fingerprint density at radius 2 is 1.58 bits per heavy atom. The zero-order valence-electron chi connectivity index (χ0n) is 19.1. The van der Waals surface area contributed by atoms with Crippen LogP contribution in [0.3, 0.4) is 0 Å². The molecule has 1 aliphatic carbocycles. The molecule has 2 aromatic carbocycles. The van der Waals surface area contributed by atoms with Crippen LogP contribution in [0.5, 0.6) is 0 Å². The van der Waals surface area contributed by atoms with Crippen LogP contribution in [-0.2, 0) is 32.1 Å². The summed E-state index contributed by atoms with van der Waals surface area (Å²) < 4.78 is 10.9. The van der Waals surface area contributed by atoms with Crippen LogP contribution < -0.4 is 5.32 Å². The lowest BCUT2D eigenvalue weighted by atomic mass is 10.1. The van der Waals surface area contributed by atoms with Crippen LogP contribution in [0.1, 0.15) is 43.2 Å². The Kier molecular flexibility index (Phi) is 9.30. The number of hydrogen-bond acceptors (Lipinski definition) is 5. The molecule has 0 saturated heterocycles. The highest BCUT2D eigenvalue weighted by atomic mass is 16.6. The van der Waals surface area contributed by atoms with Crippen LogP contribution in [0.2, 0.25) is 0 Å². The van der Waals surface area contributed by atoms with Gasteiger partial charge in [0.15, 0.2) is 0 Å². The molecular formula is C26H32N2O5. The number of carbonyl (C=O) groups is 3. The van der Waals surface area contributed by atoms with Gasteiger partial charge >= 0.3 is 12.1 Å². The molecule has 1 N–H and O–H groups in total. The third-order valence-electron chi connectivity index (χ3n) is 5.70. The molecule has 33 heavy (non-hydrogen) atoms. The van der Waals surface area contributed by atoms with E-state index < -0.39 is 18.2 Å². The minimum atomic E-state index is -1.08. The maximum Gasteiger partial charge on any atom is 0.410 e. The zero-order valence-corrected chi connectivity index (χ0v) is 19.1. The van der Waals surface area contributed by atoms with Crippen molar-refractivity contribution in [3.05, 3.63) is 71.8 Å². The minimum absolute atomic E-state index is 0.0790. The normalized spacial score (nSPS) is 14.3. The first-order valence-corrected chi connectivity index (χ1v) is 11.5. The van der Waals surface area contributed by atoms with E-state index in [0.717, 1.165) is 36.8 Å². The van der Waals surface area contributed by atoms with Crippen molar-refractivity contribution in [2.24, 2.45) is 0 Å². The molecule has 7 nitrogen and oxygen atoms in total. The Bertz CT molecular complexity index is 897. The molecule has 2 amide bonds. The summed E-state index contributed by atoms with van der Waals surface area (Å²) in [7, 11) is 1.56. The van der Waals surface area contributed by atoms with Gasteiger partial charge in [-0.3, -0.25) is 4.79 Å². The van der Waals surface area contributed by atoms with Crippen LogP contribution in [0.25, 0.3) is 0 Å². The standard InChI is InChI=1S/C26H32N2O5/c1-28(17-16-24(29)27-22-14-8-9-15-22)26(31)33-23(18-20-10-4-2-5-11-20)25(30)32-19-21-12-6-3-7-13-21/h2-7,10-13,22-23H,8-9,14-19H2,1H3,(H,27,29)/t23-/m0/s1. The summed E-state index contributed by atoms with van der Waals surface area (Å²) in [5.74, 6) is -0.687. The maximum absolute atomic E-state index is 12.8. The summed E-state index contributed by atoms with van der Waals surface area (Å²) in [5, 5.41) is 3.01. The monoisotopic (exact) mass is 452 g/mol. The number of hydrogen-bond donors (Lipinski definition) is 1. The van der Waals surface area contributed by atoms with E-state index in [1.54, 1.807) is 7.05 Å². The summed E-state index contributed by atoms with van der Waals surface area (Å²) >= 11 is 0. The molecule has 176 valence electrons. The van der Waals surface area contributed by atoms with Crippen molar-refractivity contribution in [2.75, 3.05) is 13.6 Å². The molecule has 0 aliphatic heterocycles. The topological polar surface area (TPSA) is 84.9 Å². The number of nitrogens with one attached hydrogen (secondary N) is 1. The minimum Gasteiger partial charge on any atom is -0.458 e. The van der Waals surface area contributed by atoms with Crippen molar-refractivity contribution in [2.45, 2.75) is 57.3 Å². The van der Waals surface area contributed by atoms with Crippen LogP contribution in [0, 0.1) is 0 Å². The van der Waals surface area contributed by atoms with Gasteiger partial charge in [-0.05, 0) is 24.0 Å². The van der Waals surface area contributed by atoms with Crippen molar-refractivity contribution < 1.29 is 23.9 Å². The smallest absolute Gasteiger partial charge is 0.410 e. The molecule has 3 rings (SSSR count). The van der Waals surface area contributed by atoms with E-state index in [2.05, 4.69) is 5.32 Å². The highest BCUT2D eigenvalue weighted by molar-refractivity contribution is 5.80. The molecule has 1 fully saturated rings. The number of amides is 2. The predicted octanol–water partition coefficient (Wildman–Crippen LogP) is 3.86. The van der Waals surface area contributed by atoms with E-state index in [4.69, 9.17) is 9.47 Å². The van der Waals surface area contributed by atoms with Gasteiger partial charge in [-0.1, -0.05) is 73.5 Å². The van der Waals surface area contributed by atoms with Gasteiger partial charge < -0.3 is 19.7 Å². The second-order valence-corrected chi connectivity index (χ2v) is 8.38. The highest BCUT2D eigenvalue weighted by Gasteiger charge is 2.27. The fraction of sp³-hybridized carbons (Fsp3) is 0.423. The van der Waals surface area contributed by atoms with Crippen molar-refractivity contribution in [1.82, 2.24) is 10.2 Å². The van der Waals surface area contributed by atoms with E-state index in [9.17, 15) is 14.4 Å². The van der Waals surface area contributed by atoms with Gasteiger partial charge in [-0.15, -0.1) is 0 Å². The second kappa shape index (κ2) is 12.6. The fourth-order valence-corrected chi connectivity index (χ4v) is 3.77. The van der Waals surface area contributed by atoms with E-state index >= 15 is 0 Å². The Morgan fingerprint density at radius 3 is 2.21 bits per heavy atom. The third kappa shape index (κ3) is 8.25. The number of benzene rings is 2. The van der Waals surface area contributed by atoms with Gasteiger partial charge in [0.2, 0.25) is 12.0 Å². The average Bonchev–Trinajstić information content (AvgIpc) is 3.34. The molecule has 1 atom stereocenters. The molecule has 0 heterocycles. The maximum atomic E-state index is 12.8. The van der Waals surface area contributed by atoms with Crippen molar-refractivity contribution >= 4 is 18.0 Å². The van der Waals surface area contributed by atoms with E-state index in [-0.39, 0.29) is 37.9 Å². The summed E-state index contributed by atoms with van der Waals surface area (Å²) in [4.78, 5) is 38.9. The molecular weight excluding hydrogens is 420 g/mol. The third-order valence-corrected chi connectivity index (χ3v) is 5.70. The molecule has 0 unspecified atom stereocenters. The largest absolute Gasteiger partial charge is 0.458 e. The van der Waals surface area contributed by atoms with Crippen molar-refractivity contribution in [3.8, 4) is 0 Å². The van der Waals surface area contributed by atoms with Gasteiger partial charge in [0.05, 0.1) is 0 Å². The quantitative estimate of drug-likeness (QED) is 0.554. The van der Waals surface area contributed by atoms with Gasteiger partial charge in [0.25, 0.3) is 0 Å². The number of esters is 1. The van der Waals surface area contributed by atoms with Gasteiger partial charge in [-0.2, -0.15) is 0 Å². The van der Waals surface area contributed by atoms with Crippen LogP contribution in [0.4, 0.5) is 4.79 Å². The molecule has 0 spiro atoms. The van der Waals surface area contributed by atoms with Crippen LogP contribution >= 0.6 is 0 Å². The molecule has 0 bridgehead atoms. The number of nitrogens with zero attached hydrogens (tertiary/aromatic N) is 1. The number of carbonyl (C=O) groups excluding carboxylic acids is 3. The lowest BCUT2D eigenvalue weighted by molar-refractivity contribution is -0.155. The zero-order chi connectivity index (χ0) is 23.5. The molecule has 0 radical (unpaired) electrons. The molecule has 2 aromatic rings. The first-order chi connectivity index (χ1) is 16.0. The van der Waals surface area contributed by atoms with Gasteiger partial charge in [-0.25, -0.2) is 9.59 Å². The van der Waals surface area contributed by atoms with Gasteiger partial charge in [0.1, 0.15) is 6.61 Å². The second-order valence-electron chi connectivity index (χ2n) is 8.38. The first-order valence-electron chi connectivity index (χ1n) is 11.5. The molecule has 1 saturated carbocycles. The fourth-order valence-electron chi connectivity index (χ4n) is 3.77. The van der Waals surface area contributed by atoms with Crippen LogP contribution in [0.15, 0.2) is 60.7 Å². The average molecular weight is 453 g/mol. The summed E-state index contributed by atoms with van der Waals surface area (Å²) in [5.41, 5.74) is 1.70. The SMILES string of the molecule is CN(CCC(=O)NC1CCCC1)C(=O)O[C@@H](Cc1ccccc1)C(=O)OCc1ccccc1. The Morgan fingerprint density at radius 1 is 0.970 bits per heavy atom. The summed E-state index contributed by atoms with van der Waals surface area (Å²) in [6.07, 6.45) is 2.94. The Labute approximate surface area is 195 Å².